The summed E-state index contributed by atoms with van der Waals surface area (Å²) in [4.78, 5) is 8.70. The molecule has 6 nitrogen and oxygen atoms in total. The Morgan fingerprint density at radius 3 is 2.90 bits per heavy atom. The molecule has 0 aliphatic heterocycles. The molecule has 3 aromatic rings. The van der Waals surface area contributed by atoms with E-state index >= 15 is 0 Å². The molecule has 0 aliphatic carbocycles. The molecule has 0 radical (unpaired) electrons. The zero-order valence-corrected chi connectivity index (χ0v) is 11.2. The molecule has 21 heavy (non-hydrogen) atoms. The van der Waals surface area contributed by atoms with Gasteiger partial charge >= 0.3 is 6.61 Å². The average Bonchev–Trinajstić information content (AvgIpc) is 3.06. The lowest BCUT2D eigenvalue weighted by atomic mass is 10.2. The van der Waals surface area contributed by atoms with E-state index in [0.29, 0.717) is 15.6 Å². The SMILES string of the molecule is Nc1ncc(-c2nc(-c3cccc(OC(F)F)c3)no2)s1. The molecule has 0 saturated heterocycles. The number of ether oxygens (including phenoxy) is 1. The lowest BCUT2D eigenvalue weighted by molar-refractivity contribution is -0.0498. The predicted molar refractivity (Wildman–Crippen MR) is 71.9 cm³/mol. The van der Waals surface area contributed by atoms with Crippen molar-refractivity contribution in [3.05, 3.63) is 30.5 Å². The first-order valence-electron chi connectivity index (χ1n) is 5.72. The van der Waals surface area contributed by atoms with Crippen molar-refractivity contribution in [3.63, 3.8) is 0 Å². The average molecular weight is 310 g/mol. The van der Waals surface area contributed by atoms with Gasteiger partial charge in [-0.25, -0.2) is 4.98 Å². The van der Waals surface area contributed by atoms with Gasteiger partial charge in [0.05, 0.1) is 6.20 Å². The fourth-order valence-electron chi connectivity index (χ4n) is 1.64. The molecule has 3 rings (SSSR count). The summed E-state index contributed by atoms with van der Waals surface area (Å²) in [6, 6.07) is 6.05. The Morgan fingerprint density at radius 2 is 2.19 bits per heavy atom. The zero-order chi connectivity index (χ0) is 14.8. The number of halogens is 2. The molecule has 2 aromatic heterocycles. The summed E-state index contributed by atoms with van der Waals surface area (Å²) in [5.74, 6) is 0.548. The number of nitrogen functional groups attached to an aromatic ring is 1. The highest BCUT2D eigenvalue weighted by Crippen LogP contribution is 2.29. The van der Waals surface area contributed by atoms with Gasteiger partial charge in [-0.3, -0.25) is 0 Å². The van der Waals surface area contributed by atoms with Crippen LogP contribution in [0.25, 0.3) is 22.2 Å². The van der Waals surface area contributed by atoms with Gasteiger partial charge in [0.25, 0.3) is 5.89 Å². The third kappa shape index (κ3) is 2.97. The minimum Gasteiger partial charge on any atom is -0.435 e. The van der Waals surface area contributed by atoms with Crippen molar-refractivity contribution < 1.29 is 18.0 Å². The van der Waals surface area contributed by atoms with Crippen LogP contribution in [0, 0.1) is 0 Å². The van der Waals surface area contributed by atoms with Gasteiger partial charge < -0.3 is 15.0 Å². The van der Waals surface area contributed by atoms with E-state index in [-0.39, 0.29) is 17.5 Å². The predicted octanol–water partition coefficient (Wildman–Crippen LogP) is 3.04. The van der Waals surface area contributed by atoms with Crippen molar-refractivity contribution in [3.8, 4) is 27.9 Å². The van der Waals surface area contributed by atoms with Crippen LogP contribution < -0.4 is 10.5 Å². The van der Waals surface area contributed by atoms with E-state index in [4.69, 9.17) is 10.3 Å². The van der Waals surface area contributed by atoms with Crippen LogP contribution in [0.15, 0.2) is 35.0 Å². The first kappa shape index (κ1) is 13.4. The molecule has 0 fully saturated rings. The van der Waals surface area contributed by atoms with Crippen molar-refractivity contribution in [2.45, 2.75) is 6.61 Å². The number of thiazole rings is 1. The Labute approximate surface area is 121 Å². The molecule has 0 unspecified atom stereocenters. The van der Waals surface area contributed by atoms with Crippen LogP contribution in [0.3, 0.4) is 0 Å². The standard InChI is InChI=1S/C12H8F2N4O2S/c13-11(14)19-7-3-1-2-6(4-7)9-17-10(20-18-9)8-5-16-12(15)21-8/h1-5,11H,(H2,15,16). The molecule has 0 bridgehead atoms. The quantitative estimate of drug-likeness (QED) is 0.797. The maximum Gasteiger partial charge on any atom is 0.387 e. The van der Waals surface area contributed by atoms with Gasteiger partial charge in [-0.1, -0.05) is 28.6 Å². The molecular weight excluding hydrogens is 302 g/mol. The van der Waals surface area contributed by atoms with Crippen LogP contribution >= 0.6 is 11.3 Å². The van der Waals surface area contributed by atoms with E-state index < -0.39 is 6.61 Å². The number of benzene rings is 1. The summed E-state index contributed by atoms with van der Waals surface area (Å²) in [5, 5.41) is 4.19. The van der Waals surface area contributed by atoms with E-state index in [9.17, 15) is 8.78 Å². The largest absolute Gasteiger partial charge is 0.435 e. The second kappa shape index (κ2) is 5.44. The number of anilines is 1. The number of nitrogens with zero attached hydrogens (tertiary/aromatic N) is 3. The highest BCUT2D eigenvalue weighted by atomic mass is 32.1. The Balaban J connectivity index is 1.89. The molecule has 0 spiro atoms. The van der Waals surface area contributed by atoms with Gasteiger partial charge in [0.15, 0.2) is 5.13 Å². The fourth-order valence-corrected chi connectivity index (χ4v) is 2.25. The number of hydrogen-bond donors (Lipinski definition) is 1. The Morgan fingerprint density at radius 1 is 1.33 bits per heavy atom. The Kier molecular flexibility index (Phi) is 3.48. The second-order valence-electron chi connectivity index (χ2n) is 3.89. The normalized spacial score (nSPS) is 11.0. The second-order valence-corrected chi connectivity index (χ2v) is 4.95. The fraction of sp³-hybridized carbons (Fsp3) is 0.0833. The van der Waals surface area contributed by atoms with E-state index in [0.717, 1.165) is 0 Å². The topological polar surface area (TPSA) is 87.1 Å². The monoisotopic (exact) mass is 310 g/mol. The number of hydrogen-bond acceptors (Lipinski definition) is 7. The van der Waals surface area contributed by atoms with Crippen LogP contribution in [0.4, 0.5) is 13.9 Å². The van der Waals surface area contributed by atoms with Gasteiger partial charge in [-0.2, -0.15) is 13.8 Å². The first-order valence-corrected chi connectivity index (χ1v) is 6.54. The minimum absolute atomic E-state index is 0.0240. The van der Waals surface area contributed by atoms with Gasteiger partial charge in [0.2, 0.25) is 5.82 Å². The molecular formula is C12H8F2N4O2S. The number of nitrogens with two attached hydrogens (primary N) is 1. The Bertz CT molecular complexity index is 759. The van der Waals surface area contributed by atoms with Crippen molar-refractivity contribution in [1.82, 2.24) is 15.1 Å². The maximum absolute atomic E-state index is 12.2. The molecule has 9 heteroatoms. The minimum atomic E-state index is -2.89. The molecule has 0 saturated carbocycles. The van der Waals surface area contributed by atoms with Crippen LogP contribution in [0.1, 0.15) is 0 Å². The lowest BCUT2D eigenvalue weighted by Crippen LogP contribution is -2.01. The van der Waals surface area contributed by atoms with Crippen LogP contribution in [-0.2, 0) is 0 Å². The highest BCUT2D eigenvalue weighted by Gasteiger charge is 2.14. The number of rotatable bonds is 4. The van der Waals surface area contributed by atoms with Crippen molar-refractivity contribution in [1.29, 1.82) is 0 Å². The van der Waals surface area contributed by atoms with Crippen LogP contribution in [0.5, 0.6) is 5.75 Å². The molecule has 0 aliphatic rings. The third-order valence-corrected chi connectivity index (χ3v) is 3.29. The summed E-state index contributed by atoms with van der Waals surface area (Å²) >= 11 is 1.21. The number of aromatic nitrogens is 3. The smallest absolute Gasteiger partial charge is 0.387 e. The highest BCUT2D eigenvalue weighted by molar-refractivity contribution is 7.18. The molecule has 108 valence electrons. The van der Waals surface area contributed by atoms with Crippen molar-refractivity contribution >= 4 is 16.5 Å². The molecule has 2 heterocycles. The Hall–Kier alpha value is -2.55. The van der Waals surface area contributed by atoms with Crippen LogP contribution in [0.2, 0.25) is 0 Å². The summed E-state index contributed by atoms with van der Waals surface area (Å²) in [6.07, 6.45) is 1.52. The summed E-state index contributed by atoms with van der Waals surface area (Å²) in [5.41, 5.74) is 6.03. The molecule has 0 atom stereocenters. The van der Waals surface area contributed by atoms with Crippen LogP contribution in [-0.4, -0.2) is 21.7 Å². The summed E-state index contributed by atoms with van der Waals surface area (Å²) in [7, 11) is 0. The molecule has 1 aromatic carbocycles. The first-order chi connectivity index (χ1) is 10.1. The summed E-state index contributed by atoms with van der Waals surface area (Å²) in [6.45, 7) is -2.89. The third-order valence-electron chi connectivity index (χ3n) is 2.48. The van der Waals surface area contributed by atoms with E-state index in [1.807, 2.05) is 0 Å². The lowest BCUT2D eigenvalue weighted by Gasteiger charge is -2.04. The molecule has 2 N–H and O–H groups in total. The zero-order valence-electron chi connectivity index (χ0n) is 10.4. The number of alkyl halides is 2. The van der Waals surface area contributed by atoms with Gasteiger partial charge in [0, 0.05) is 5.56 Å². The van der Waals surface area contributed by atoms with Crippen molar-refractivity contribution in [2.75, 3.05) is 5.73 Å². The summed E-state index contributed by atoms with van der Waals surface area (Å²) < 4.78 is 33.8. The van der Waals surface area contributed by atoms with Crippen molar-refractivity contribution in [2.24, 2.45) is 0 Å². The van der Waals surface area contributed by atoms with Gasteiger partial charge in [0.1, 0.15) is 10.6 Å². The van der Waals surface area contributed by atoms with E-state index in [1.54, 1.807) is 12.1 Å². The van der Waals surface area contributed by atoms with E-state index in [1.165, 1.54) is 29.7 Å². The van der Waals surface area contributed by atoms with E-state index in [2.05, 4.69) is 19.9 Å². The van der Waals surface area contributed by atoms with Gasteiger partial charge in [-0.15, -0.1) is 0 Å². The van der Waals surface area contributed by atoms with Gasteiger partial charge in [-0.05, 0) is 12.1 Å². The molecule has 0 amide bonds. The maximum atomic E-state index is 12.2.